The Morgan fingerprint density at radius 2 is 1.50 bits per heavy atom. The van der Waals surface area contributed by atoms with Crippen molar-refractivity contribution in [2.45, 2.75) is 38.5 Å². The van der Waals surface area contributed by atoms with Gasteiger partial charge >= 0.3 is 0 Å². The Balaban J connectivity index is 1.85. The summed E-state index contributed by atoms with van der Waals surface area (Å²) in [7, 11) is 0. The van der Waals surface area contributed by atoms with E-state index in [1.165, 1.54) is 24.3 Å². The molecule has 30 heavy (non-hydrogen) atoms. The van der Waals surface area contributed by atoms with Crippen LogP contribution in [0.5, 0.6) is 5.75 Å². The predicted octanol–water partition coefficient (Wildman–Crippen LogP) is 7.41. The fraction of sp³-hybridized carbons (Fsp3) is 0.391. The van der Waals surface area contributed by atoms with E-state index in [4.69, 9.17) is 4.74 Å². The lowest BCUT2D eigenvalue weighted by molar-refractivity contribution is 0.314. The van der Waals surface area contributed by atoms with E-state index < -0.39 is 41.3 Å². The summed E-state index contributed by atoms with van der Waals surface area (Å²) in [5.41, 5.74) is -0.622. The maximum atomic E-state index is 14.8. The Kier molecular flexibility index (Phi) is 7.10. The molecule has 0 N–H and O–H groups in total. The highest BCUT2D eigenvalue weighted by Gasteiger charge is 2.27. The Morgan fingerprint density at radius 3 is 2.10 bits per heavy atom. The lowest BCUT2D eigenvalue weighted by Crippen LogP contribution is -2.14. The summed E-state index contributed by atoms with van der Waals surface area (Å²) in [6.07, 6.45) is 3.28. The fourth-order valence-electron chi connectivity index (χ4n) is 3.99. The summed E-state index contributed by atoms with van der Waals surface area (Å²) in [6.45, 7) is 0.593. The Hall–Kier alpha value is -2.44. The third-order valence-electron chi connectivity index (χ3n) is 5.50. The molecular formula is C23H22F6O. The highest BCUT2D eigenvalue weighted by Crippen LogP contribution is 2.40. The van der Waals surface area contributed by atoms with Crippen LogP contribution in [0.15, 0.2) is 36.2 Å². The van der Waals surface area contributed by atoms with E-state index >= 15 is 0 Å². The molecule has 2 aromatic rings. The third-order valence-corrected chi connectivity index (χ3v) is 5.50. The molecule has 0 amide bonds. The van der Waals surface area contributed by atoms with Crippen molar-refractivity contribution in [3.8, 4) is 16.9 Å². The number of hydrogen-bond donors (Lipinski definition) is 0. The second-order valence-electron chi connectivity index (χ2n) is 7.36. The van der Waals surface area contributed by atoms with Crippen molar-refractivity contribution in [2.24, 2.45) is 5.92 Å². The monoisotopic (exact) mass is 428 g/mol. The zero-order chi connectivity index (χ0) is 21.8. The van der Waals surface area contributed by atoms with Gasteiger partial charge in [0.1, 0.15) is 12.5 Å². The highest BCUT2D eigenvalue weighted by molar-refractivity contribution is 5.66. The summed E-state index contributed by atoms with van der Waals surface area (Å²) in [4.78, 5) is 0. The Bertz CT molecular complexity index is 932. The van der Waals surface area contributed by atoms with Gasteiger partial charge in [0.05, 0.1) is 6.61 Å². The quantitative estimate of drug-likeness (QED) is 0.436. The van der Waals surface area contributed by atoms with E-state index in [9.17, 15) is 26.3 Å². The van der Waals surface area contributed by atoms with Gasteiger partial charge < -0.3 is 4.74 Å². The van der Waals surface area contributed by atoms with Crippen molar-refractivity contribution in [1.29, 1.82) is 0 Å². The first-order valence-electron chi connectivity index (χ1n) is 9.88. The van der Waals surface area contributed by atoms with E-state index in [2.05, 4.69) is 0 Å². The summed E-state index contributed by atoms with van der Waals surface area (Å²) < 4.78 is 88.4. The van der Waals surface area contributed by atoms with Gasteiger partial charge in [0.25, 0.3) is 0 Å². The topological polar surface area (TPSA) is 9.23 Å². The Morgan fingerprint density at radius 1 is 0.900 bits per heavy atom. The number of benzene rings is 2. The van der Waals surface area contributed by atoms with Gasteiger partial charge in [0.2, 0.25) is 5.82 Å². The van der Waals surface area contributed by atoms with E-state index in [0.29, 0.717) is 25.7 Å². The molecule has 0 atom stereocenters. The zero-order valence-corrected chi connectivity index (χ0v) is 16.5. The van der Waals surface area contributed by atoms with Crippen molar-refractivity contribution in [1.82, 2.24) is 0 Å². The first-order valence-corrected chi connectivity index (χ1v) is 9.88. The minimum Gasteiger partial charge on any atom is -0.491 e. The van der Waals surface area contributed by atoms with Crippen molar-refractivity contribution in [3.05, 3.63) is 65.0 Å². The van der Waals surface area contributed by atoms with Gasteiger partial charge in [-0.1, -0.05) is 12.1 Å². The predicted molar refractivity (Wildman–Crippen MR) is 103 cm³/mol. The molecule has 0 heterocycles. The SMILES string of the molecule is CCOc1ccc(-c2ccc(C3CCC(C=C(F)CF)CC3)c(F)c2F)c(F)c1F. The molecule has 0 aromatic heterocycles. The molecule has 0 aliphatic heterocycles. The first kappa shape index (κ1) is 22.2. The molecule has 0 radical (unpaired) electrons. The van der Waals surface area contributed by atoms with Crippen LogP contribution in [0, 0.1) is 29.2 Å². The number of allylic oxidation sites excluding steroid dienone is 2. The molecular weight excluding hydrogens is 406 g/mol. The van der Waals surface area contributed by atoms with E-state index in [0.717, 1.165) is 6.07 Å². The standard InChI is InChI=1S/C23H22F6O/c1-2-30-19-10-9-18(22(28)23(19)29)17-8-7-16(20(26)21(17)27)14-5-3-13(4-6-14)11-15(25)12-24/h7-11,13-14H,2-6,12H2,1H3. The van der Waals surface area contributed by atoms with Crippen LogP contribution in [0.4, 0.5) is 26.3 Å². The van der Waals surface area contributed by atoms with Gasteiger partial charge in [-0.15, -0.1) is 0 Å². The maximum absolute atomic E-state index is 14.8. The molecule has 162 valence electrons. The van der Waals surface area contributed by atoms with E-state index in [-0.39, 0.29) is 35.3 Å². The summed E-state index contributed by atoms with van der Waals surface area (Å²) >= 11 is 0. The second kappa shape index (κ2) is 9.58. The lowest BCUT2D eigenvalue weighted by atomic mass is 9.78. The summed E-state index contributed by atoms with van der Waals surface area (Å²) in [5, 5.41) is 0. The van der Waals surface area contributed by atoms with Crippen molar-refractivity contribution in [2.75, 3.05) is 13.3 Å². The number of hydrogen-bond acceptors (Lipinski definition) is 1. The average Bonchev–Trinajstić information content (AvgIpc) is 2.75. The van der Waals surface area contributed by atoms with Gasteiger partial charge in [-0.3, -0.25) is 0 Å². The maximum Gasteiger partial charge on any atom is 0.201 e. The first-order chi connectivity index (χ1) is 14.4. The molecule has 1 aliphatic rings. The van der Waals surface area contributed by atoms with Gasteiger partial charge in [-0.25, -0.2) is 22.0 Å². The van der Waals surface area contributed by atoms with Gasteiger partial charge in [-0.05, 0) is 68.2 Å². The average molecular weight is 428 g/mol. The molecule has 0 unspecified atom stereocenters. The molecule has 7 heteroatoms. The molecule has 0 saturated heterocycles. The second-order valence-corrected chi connectivity index (χ2v) is 7.36. The number of halogens is 6. The summed E-state index contributed by atoms with van der Waals surface area (Å²) in [6, 6.07) is 4.94. The van der Waals surface area contributed by atoms with Gasteiger partial charge in [-0.2, -0.15) is 4.39 Å². The summed E-state index contributed by atoms with van der Waals surface area (Å²) in [5.74, 6) is -6.45. The van der Waals surface area contributed by atoms with Crippen LogP contribution in [0.25, 0.3) is 11.1 Å². The molecule has 1 fully saturated rings. The van der Waals surface area contributed by atoms with Crippen LogP contribution < -0.4 is 4.74 Å². The molecule has 2 aromatic carbocycles. The van der Waals surface area contributed by atoms with Crippen LogP contribution in [0.3, 0.4) is 0 Å². The van der Waals surface area contributed by atoms with E-state index in [1.54, 1.807) is 6.92 Å². The molecule has 1 aliphatic carbocycles. The number of alkyl halides is 1. The normalized spacial score (nSPS) is 19.8. The smallest absolute Gasteiger partial charge is 0.201 e. The van der Waals surface area contributed by atoms with Gasteiger partial charge in [0.15, 0.2) is 23.2 Å². The van der Waals surface area contributed by atoms with Crippen LogP contribution >= 0.6 is 0 Å². The molecule has 3 rings (SSSR count). The van der Waals surface area contributed by atoms with Gasteiger partial charge in [0, 0.05) is 11.1 Å². The van der Waals surface area contributed by atoms with Crippen molar-refractivity contribution in [3.63, 3.8) is 0 Å². The van der Waals surface area contributed by atoms with E-state index in [1.807, 2.05) is 0 Å². The molecule has 0 bridgehead atoms. The minimum atomic E-state index is -1.31. The van der Waals surface area contributed by atoms with Crippen molar-refractivity contribution < 1.29 is 31.1 Å². The van der Waals surface area contributed by atoms with Crippen LogP contribution in [-0.2, 0) is 0 Å². The van der Waals surface area contributed by atoms with Crippen molar-refractivity contribution >= 4 is 0 Å². The zero-order valence-electron chi connectivity index (χ0n) is 16.5. The minimum absolute atomic E-state index is 0.131. The van der Waals surface area contributed by atoms with Crippen LogP contribution in [0.1, 0.15) is 44.1 Å². The number of rotatable bonds is 6. The Labute approximate surface area is 171 Å². The molecule has 1 nitrogen and oxygen atoms in total. The third kappa shape index (κ3) is 4.50. The number of ether oxygens (including phenoxy) is 1. The lowest BCUT2D eigenvalue weighted by Gasteiger charge is -2.27. The highest BCUT2D eigenvalue weighted by atomic mass is 19.2. The molecule has 0 spiro atoms. The largest absolute Gasteiger partial charge is 0.491 e. The van der Waals surface area contributed by atoms with Crippen LogP contribution in [0.2, 0.25) is 0 Å². The van der Waals surface area contributed by atoms with Crippen LogP contribution in [-0.4, -0.2) is 13.3 Å². The fourth-order valence-corrected chi connectivity index (χ4v) is 3.99. The molecule has 1 saturated carbocycles.